The summed E-state index contributed by atoms with van der Waals surface area (Å²) in [6, 6.07) is 8.76. The van der Waals surface area contributed by atoms with Gasteiger partial charge >= 0.3 is 0 Å². The third kappa shape index (κ3) is 19.8. The summed E-state index contributed by atoms with van der Waals surface area (Å²) in [7, 11) is 0. The van der Waals surface area contributed by atoms with E-state index in [9.17, 15) is 19.2 Å². The molecule has 0 aliphatic heterocycles. The first-order valence-corrected chi connectivity index (χ1v) is 24.3. The van der Waals surface area contributed by atoms with Crippen LogP contribution in [0, 0.1) is 5.41 Å². The van der Waals surface area contributed by atoms with E-state index in [0.717, 1.165) is 23.9 Å². The maximum atomic E-state index is 14.2. The number of carbonyl (C=O) groups is 4. The van der Waals surface area contributed by atoms with Gasteiger partial charge in [0.05, 0.1) is 57.3 Å². The molecule has 370 valence electrons. The summed E-state index contributed by atoms with van der Waals surface area (Å²) in [6.45, 7) is 14.9. The van der Waals surface area contributed by atoms with Crippen LogP contribution in [-0.2, 0) is 20.4 Å². The van der Waals surface area contributed by atoms with Crippen LogP contribution in [0.2, 0.25) is 0 Å². The minimum absolute atomic E-state index is 0.0647. The molecule has 0 bridgehead atoms. The van der Waals surface area contributed by atoms with Crippen molar-refractivity contribution in [3.05, 3.63) is 59.2 Å². The first-order valence-electron chi connectivity index (χ1n) is 22.3. The van der Waals surface area contributed by atoms with Crippen molar-refractivity contribution in [1.82, 2.24) is 9.97 Å². The molecule has 2 aromatic carbocycles. The average Bonchev–Trinajstić information content (AvgIpc) is 3.23. The molecule has 3 rings (SSSR count). The maximum absolute atomic E-state index is 14.2. The van der Waals surface area contributed by atoms with E-state index in [4.69, 9.17) is 39.8 Å². The van der Waals surface area contributed by atoms with Gasteiger partial charge in [0.15, 0.2) is 11.9 Å². The Morgan fingerprint density at radius 1 is 0.559 bits per heavy atom. The van der Waals surface area contributed by atoms with Crippen molar-refractivity contribution in [2.24, 2.45) is 49.4 Å². The number of thioether (sulfide) groups is 2. The molecule has 68 heavy (non-hydrogen) atoms. The number of nitrogens with two attached hydrogens (primary N) is 6. The van der Waals surface area contributed by atoms with E-state index in [1.54, 1.807) is 6.92 Å². The number of amidine groups is 2. The number of aromatic nitrogens is 2. The van der Waals surface area contributed by atoms with E-state index in [1.165, 1.54) is 29.6 Å². The molecule has 20 nitrogen and oxygen atoms in total. The summed E-state index contributed by atoms with van der Waals surface area (Å²) in [4.78, 5) is 77.0. The zero-order valence-corrected chi connectivity index (χ0v) is 41.9. The van der Waals surface area contributed by atoms with Gasteiger partial charge in [-0.1, -0.05) is 48.0 Å². The lowest BCUT2D eigenvalue weighted by atomic mass is 9.86. The van der Waals surface area contributed by atoms with Gasteiger partial charge < -0.3 is 55.7 Å². The van der Waals surface area contributed by atoms with Gasteiger partial charge in [0.25, 0.3) is 11.8 Å². The van der Waals surface area contributed by atoms with E-state index >= 15 is 0 Å². The lowest BCUT2D eigenvalue weighted by Gasteiger charge is -2.24. The van der Waals surface area contributed by atoms with Crippen LogP contribution < -0.4 is 55.7 Å². The second-order valence-corrected chi connectivity index (χ2v) is 20.2. The normalized spacial score (nSPS) is 11.6. The highest BCUT2D eigenvalue weighted by molar-refractivity contribution is 7.99. The summed E-state index contributed by atoms with van der Waals surface area (Å²) in [5.74, 6) is -0.425. The predicted octanol–water partition coefficient (Wildman–Crippen LogP) is 5.62. The van der Waals surface area contributed by atoms with Gasteiger partial charge in [-0.3, -0.25) is 39.6 Å². The largest absolute Gasteiger partial charge is 0.388 e. The highest BCUT2D eigenvalue weighted by atomic mass is 32.2. The number of aliphatic imine (C=N–C) groups is 3. The molecule has 0 spiro atoms. The molecule has 0 aliphatic rings. The van der Waals surface area contributed by atoms with Crippen LogP contribution >= 0.6 is 23.5 Å². The molecule has 1 heterocycles. The lowest BCUT2D eigenvalue weighted by Crippen LogP contribution is -2.23. The van der Waals surface area contributed by atoms with Gasteiger partial charge in [0.1, 0.15) is 17.7 Å². The number of hydrogen-bond donors (Lipinski definition) is 11. The van der Waals surface area contributed by atoms with Crippen LogP contribution in [0.3, 0.4) is 0 Å². The molecule has 0 aliphatic carbocycles. The number of anilines is 4. The molecular weight excluding hydrogens is 905 g/mol. The molecule has 17 N–H and O–H groups in total. The number of carbonyl (C=O) groups excluding carboxylic acids is 4. The highest BCUT2D eigenvalue weighted by Gasteiger charge is 2.25. The van der Waals surface area contributed by atoms with Crippen LogP contribution in [0.15, 0.2) is 61.4 Å². The number of unbranched alkanes of at least 4 members (excludes halogenated alkanes) is 3. The lowest BCUT2D eigenvalue weighted by molar-refractivity contribution is -0.117. The summed E-state index contributed by atoms with van der Waals surface area (Å²) in [5.41, 5.74) is 35.9. The Morgan fingerprint density at radius 2 is 0.956 bits per heavy atom. The summed E-state index contributed by atoms with van der Waals surface area (Å²) in [6.07, 6.45) is 5.38. The molecule has 0 saturated carbocycles. The monoisotopic (exact) mass is 975 g/mol. The van der Waals surface area contributed by atoms with Gasteiger partial charge in [-0.2, -0.15) is 0 Å². The Labute approximate surface area is 407 Å². The van der Waals surface area contributed by atoms with Crippen LogP contribution in [-0.4, -0.2) is 88.3 Å². The minimum Gasteiger partial charge on any atom is -0.388 e. The van der Waals surface area contributed by atoms with E-state index < -0.39 is 22.6 Å². The van der Waals surface area contributed by atoms with Gasteiger partial charge in [0.2, 0.25) is 11.8 Å². The standard InChI is InChI=1S/C46H70N16O4S2/c1-27(47)54-16-12-11-15-38(64)60-31-22-29(46(5,6)7)24-33(40(31)68-20-18-56-44(52)53)62-42(66)35-25-34(57-26-58-35)41(65)61-32-23-28(45(2,3)4)21-30(39(32)67-19-17-55-43(50)51)59-37(63)14-10-8-9-13-36(48)49/h21-26H,8-20H2,1-7H3,(H2,47,54)(H3,48,49)(H,59,63)(H,60,64)(H,61,65)(H,62,66)(H4,50,51,55)(H4,52,53,56). The van der Waals surface area contributed by atoms with E-state index in [2.05, 4.69) is 46.2 Å². The van der Waals surface area contributed by atoms with Gasteiger partial charge in [-0.15, -0.1) is 23.5 Å². The highest BCUT2D eigenvalue weighted by Crippen LogP contribution is 2.41. The Bertz CT molecular complexity index is 2340. The predicted molar refractivity (Wildman–Crippen MR) is 279 cm³/mol. The molecule has 22 heteroatoms. The first kappa shape index (κ1) is 55.9. The van der Waals surface area contributed by atoms with Crippen molar-refractivity contribution in [2.75, 3.05) is 52.4 Å². The van der Waals surface area contributed by atoms with Crippen molar-refractivity contribution in [2.45, 2.75) is 120 Å². The molecule has 0 unspecified atom stereocenters. The van der Waals surface area contributed by atoms with Crippen LogP contribution in [0.5, 0.6) is 0 Å². The second kappa shape index (κ2) is 26.8. The number of hydrogen-bond acceptors (Lipinski definition) is 12. The van der Waals surface area contributed by atoms with Gasteiger partial charge in [-0.05, 0) is 78.8 Å². The second-order valence-electron chi connectivity index (χ2n) is 18.0. The van der Waals surface area contributed by atoms with Gasteiger partial charge in [0, 0.05) is 43.4 Å². The SMILES string of the molecule is CC(N)=NCCCCC(=O)Nc1cc(C(C)(C)C)cc(NC(=O)c2cc(C(=O)Nc3cc(C(C)(C)C)cc(NC(=O)CCCCCC(=N)N)c3SCCN=C(N)N)ncn2)c1SCCN=C(N)N. The number of benzene rings is 2. The number of amides is 4. The fourth-order valence-electron chi connectivity index (χ4n) is 6.29. The van der Waals surface area contributed by atoms with Crippen LogP contribution in [0.1, 0.15) is 132 Å². The molecule has 0 fully saturated rings. The van der Waals surface area contributed by atoms with Crippen molar-refractivity contribution in [3.8, 4) is 0 Å². The first-order chi connectivity index (χ1) is 31.9. The van der Waals surface area contributed by atoms with Crippen LogP contribution in [0.4, 0.5) is 22.7 Å². The molecule has 4 amide bonds. The van der Waals surface area contributed by atoms with Crippen LogP contribution in [0.25, 0.3) is 0 Å². The molecule has 0 radical (unpaired) electrons. The topological polar surface area (TPSA) is 359 Å². The zero-order valence-electron chi connectivity index (χ0n) is 40.3. The minimum atomic E-state index is -0.637. The Hall–Kier alpha value is -6.42. The maximum Gasteiger partial charge on any atom is 0.274 e. The van der Waals surface area contributed by atoms with Crippen molar-refractivity contribution in [1.29, 1.82) is 5.41 Å². The van der Waals surface area contributed by atoms with E-state index in [1.807, 2.05) is 65.8 Å². The van der Waals surface area contributed by atoms with Gasteiger partial charge in [-0.25, -0.2) is 9.97 Å². The summed E-state index contributed by atoms with van der Waals surface area (Å²) >= 11 is 2.69. The Kier molecular flexibility index (Phi) is 22.0. The molecular formula is C46H70N16O4S2. The fourth-order valence-corrected chi connectivity index (χ4v) is 8.12. The number of rotatable bonds is 25. The van der Waals surface area contributed by atoms with E-state index in [-0.39, 0.29) is 66.9 Å². The van der Waals surface area contributed by atoms with Crippen molar-refractivity contribution in [3.63, 3.8) is 0 Å². The fraction of sp³-hybridized carbons (Fsp3) is 0.478. The van der Waals surface area contributed by atoms with E-state index in [0.29, 0.717) is 88.5 Å². The summed E-state index contributed by atoms with van der Waals surface area (Å²) in [5, 5.41) is 19.5. The smallest absolute Gasteiger partial charge is 0.274 e. The summed E-state index contributed by atoms with van der Waals surface area (Å²) < 4.78 is 0. The molecule has 0 saturated heterocycles. The average molecular weight is 975 g/mol. The number of guanidine groups is 2. The zero-order chi connectivity index (χ0) is 50.6. The van der Waals surface area contributed by atoms with Crippen molar-refractivity contribution >= 4 is 93.5 Å². The Balaban J connectivity index is 2.02. The quantitative estimate of drug-likeness (QED) is 0.0213. The third-order valence-corrected chi connectivity index (χ3v) is 12.1. The number of nitrogens with zero attached hydrogens (tertiary/aromatic N) is 5. The molecule has 1 aromatic heterocycles. The Morgan fingerprint density at radius 3 is 1.34 bits per heavy atom. The number of nitrogens with one attached hydrogen (secondary N) is 5. The molecule has 3 aromatic rings. The third-order valence-electron chi connectivity index (χ3n) is 9.87. The van der Waals surface area contributed by atoms with Crippen molar-refractivity contribution < 1.29 is 19.2 Å². The molecule has 0 atom stereocenters.